The highest BCUT2D eigenvalue weighted by Gasteiger charge is 2.26. The number of pyridine rings is 1. The van der Waals surface area contributed by atoms with Crippen molar-refractivity contribution < 1.29 is 9.53 Å². The maximum absolute atomic E-state index is 12.2. The van der Waals surface area contributed by atoms with Crippen molar-refractivity contribution in [2.24, 2.45) is 13.0 Å². The quantitative estimate of drug-likeness (QED) is 0.523. The summed E-state index contributed by atoms with van der Waals surface area (Å²) in [6.07, 6.45) is 5.29. The number of ether oxygens (including phenoxy) is 1. The molecule has 0 saturated carbocycles. The molecule has 29 heavy (non-hydrogen) atoms. The number of hydrogen-bond acceptors (Lipinski definition) is 3. The molecule has 3 aromatic rings. The number of fused-ring (bicyclic) bond motifs is 3. The summed E-state index contributed by atoms with van der Waals surface area (Å²) in [4.78, 5) is 18.2. The van der Waals surface area contributed by atoms with Crippen LogP contribution in [0.3, 0.4) is 0 Å². The van der Waals surface area contributed by atoms with Gasteiger partial charge in [0.1, 0.15) is 5.60 Å². The normalized spacial score (nSPS) is 15.4. The highest BCUT2D eigenvalue weighted by atomic mass is 16.6. The van der Waals surface area contributed by atoms with Gasteiger partial charge in [-0.1, -0.05) is 17.9 Å². The van der Waals surface area contributed by atoms with Gasteiger partial charge in [0, 0.05) is 54.8 Å². The average molecular weight is 389 g/mol. The third-order valence-corrected chi connectivity index (χ3v) is 5.38. The second kappa shape index (κ2) is 7.44. The smallest absolute Gasteiger partial charge is 0.410 e. The lowest BCUT2D eigenvalue weighted by Gasteiger charge is -2.31. The van der Waals surface area contributed by atoms with Gasteiger partial charge in [-0.2, -0.15) is 0 Å². The fraction of sp³-hybridized carbons (Fsp3) is 0.417. The molecular weight excluding hydrogens is 362 g/mol. The Kier molecular flexibility index (Phi) is 4.96. The van der Waals surface area contributed by atoms with E-state index in [2.05, 4.69) is 46.6 Å². The van der Waals surface area contributed by atoms with Gasteiger partial charge in [-0.05, 0) is 51.8 Å². The van der Waals surface area contributed by atoms with Crippen molar-refractivity contribution in [1.29, 1.82) is 0 Å². The van der Waals surface area contributed by atoms with Crippen LogP contribution in [-0.4, -0.2) is 39.2 Å². The predicted octanol–water partition coefficient (Wildman–Crippen LogP) is 4.73. The Morgan fingerprint density at radius 3 is 2.62 bits per heavy atom. The first-order valence-corrected chi connectivity index (χ1v) is 10.1. The van der Waals surface area contributed by atoms with Crippen LogP contribution in [0.1, 0.15) is 39.2 Å². The minimum Gasteiger partial charge on any atom is -0.444 e. The van der Waals surface area contributed by atoms with Gasteiger partial charge in [-0.3, -0.25) is 4.98 Å². The zero-order chi connectivity index (χ0) is 20.6. The maximum Gasteiger partial charge on any atom is 0.410 e. The summed E-state index contributed by atoms with van der Waals surface area (Å²) in [6, 6.07) is 8.41. The number of hydrogen-bond donors (Lipinski definition) is 0. The topological polar surface area (TPSA) is 47.4 Å². The molecule has 0 atom stereocenters. The molecule has 3 heterocycles. The van der Waals surface area contributed by atoms with Crippen LogP contribution in [0.4, 0.5) is 4.79 Å². The van der Waals surface area contributed by atoms with E-state index in [0.29, 0.717) is 19.0 Å². The van der Waals surface area contributed by atoms with Gasteiger partial charge in [-0.15, -0.1) is 0 Å². The predicted molar refractivity (Wildman–Crippen MR) is 116 cm³/mol. The lowest BCUT2D eigenvalue weighted by molar-refractivity contribution is 0.0199. The molecular formula is C24H27N3O2. The zero-order valence-electron chi connectivity index (χ0n) is 17.5. The first kappa shape index (κ1) is 19.3. The van der Waals surface area contributed by atoms with Crippen LogP contribution in [0, 0.1) is 17.8 Å². The molecule has 1 aliphatic heterocycles. The molecule has 0 unspecified atom stereocenters. The molecule has 5 heteroatoms. The molecule has 0 bridgehead atoms. The average Bonchev–Trinajstić information content (AvgIpc) is 2.98. The van der Waals surface area contributed by atoms with Gasteiger partial charge in [0.05, 0.1) is 11.0 Å². The van der Waals surface area contributed by atoms with Crippen molar-refractivity contribution in [3.05, 3.63) is 42.2 Å². The standard InChI is InChI=1S/C24H27N3O2/c1-24(2,3)29-23(28)27-13-10-17(11-14-27)5-6-18-7-8-19-20-16-25-12-9-21(20)26(4)22(19)15-18/h7-9,12,15-17H,10-11,13-14H2,1-4H3. The van der Waals surface area contributed by atoms with E-state index in [1.807, 2.05) is 39.2 Å². The van der Waals surface area contributed by atoms with E-state index in [9.17, 15) is 4.79 Å². The van der Waals surface area contributed by atoms with Gasteiger partial charge in [0.15, 0.2) is 0 Å². The highest BCUT2D eigenvalue weighted by molar-refractivity contribution is 6.07. The molecule has 150 valence electrons. The third kappa shape index (κ3) is 4.07. The number of aryl methyl sites for hydroxylation is 1. The van der Waals surface area contributed by atoms with Crippen LogP contribution in [-0.2, 0) is 11.8 Å². The maximum atomic E-state index is 12.2. The van der Waals surface area contributed by atoms with Gasteiger partial charge < -0.3 is 14.2 Å². The molecule has 1 fully saturated rings. The molecule has 1 amide bonds. The first-order chi connectivity index (χ1) is 13.8. The molecule has 0 radical (unpaired) electrons. The van der Waals surface area contributed by atoms with Crippen molar-refractivity contribution in [3.8, 4) is 11.8 Å². The van der Waals surface area contributed by atoms with E-state index in [1.54, 1.807) is 4.90 Å². The van der Waals surface area contributed by atoms with E-state index < -0.39 is 5.60 Å². The Morgan fingerprint density at radius 1 is 1.14 bits per heavy atom. The molecule has 2 aromatic heterocycles. The van der Waals surface area contributed by atoms with Gasteiger partial charge in [-0.25, -0.2) is 4.79 Å². The van der Waals surface area contributed by atoms with Crippen LogP contribution in [0.25, 0.3) is 21.8 Å². The Hall–Kier alpha value is -3.00. The van der Waals surface area contributed by atoms with E-state index in [0.717, 1.165) is 18.4 Å². The fourth-order valence-electron chi connectivity index (χ4n) is 3.85. The number of piperidine rings is 1. The summed E-state index contributed by atoms with van der Waals surface area (Å²) in [5, 5.41) is 2.37. The van der Waals surface area contributed by atoms with Crippen molar-refractivity contribution >= 4 is 27.9 Å². The molecule has 1 aliphatic rings. The summed E-state index contributed by atoms with van der Waals surface area (Å²) in [5.41, 5.74) is 2.91. The van der Waals surface area contributed by atoms with Crippen LogP contribution in [0.5, 0.6) is 0 Å². The second-order valence-corrected chi connectivity index (χ2v) is 8.69. The zero-order valence-corrected chi connectivity index (χ0v) is 17.5. The Morgan fingerprint density at radius 2 is 1.90 bits per heavy atom. The number of rotatable bonds is 0. The Balaban J connectivity index is 1.46. The Labute approximate surface area is 171 Å². The van der Waals surface area contributed by atoms with E-state index >= 15 is 0 Å². The minimum absolute atomic E-state index is 0.223. The summed E-state index contributed by atoms with van der Waals surface area (Å²) in [5.74, 6) is 7.07. The summed E-state index contributed by atoms with van der Waals surface area (Å²) in [7, 11) is 2.08. The lowest BCUT2D eigenvalue weighted by atomic mass is 9.97. The van der Waals surface area contributed by atoms with Crippen molar-refractivity contribution in [1.82, 2.24) is 14.5 Å². The van der Waals surface area contributed by atoms with E-state index in [-0.39, 0.29) is 6.09 Å². The number of aromatic nitrogens is 2. The van der Waals surface area contributed by atoms with Gasteiger partial charge >= 0.3 is 6.09 Å². The number of nitrogens with zero attached hydrogens (tertiary/aromatic N) is 3. The number of carbonyl (C=O) groups excluding carboxylic acids is 1. The second-order valence-electron chi connectivity index (χ2n) is 8.69. The summed E-state index contributed by atoms with van der Waals surface area (Å²) < 4.78 is 7.65. The van der Waals surface area contributed by atoms with Crippen LogP contribution < -0.4 is 0 Å². The number of benzene rings is 1. The number of likely N-dealkylation sites (tertiary alicyclic amines) is 1. The largest absolute Gasteiger partial charge is 0.444 e. The van der Waals surface area contributed by atoms with Crippen molar-refractivity contribution in [2.45, 2.75) is 39.2 Å². The van der Waals surface area contributed by atoms with E-state index in [4.69, 9.17) is 4.74 Å². The fourth-order valence-corrected chi connectivity index (χ4v) is 3.85. The van der Waals surface area contributed by atoms with Crippen LogP contribution >= 0.6 is 0 Å². The SMILES string of the molecule is Cn1c2ccncc2c2ccc(C#CC3CCN(C(=O)OC(C)(C)C)CC3)cc21. The summed E-state index contributed by atoms with van der Waals surface area (Å²) in [6.45, 7) is 7.08. The number of carbonyl (C=O) groups is 1. The third-order valence-electron chi connectivity index (χ3n) is 5.38. The Bertz CT molecular complexity index is 1120. The van der Waals surface area contributed by atoms with Gasteiger partial charge in [0.2, 0.25) is 0 Å². The molecule has 5 nitrogen and oxygen atoms in total. The first-order valence-electron chi connectivity index (χ1n) is 10.1. The van der Waals surface area contributed by atoms with Crippen LogP contribution in [0.15, 0.2) is 36.7 Å². The lowest BCUT2D eigenvalue weighted by Crippen LogP contribution is -2.41. The molecule has 0 spiro atoms. The van der Waals surface area contributed by atoms with Crippen LogP contribution in [0.2, 0.25) is 0 Å². The van der Waals surface area contributed by atoms with E-state index in [1.165, 1.54) is 21.8 Å². The van der Waals surface area contributed by atoms with Crippen molar-refractivity contribution in [2.75, 3.05) is 13.1 Å². The molecule has 0 aliphatic carbocycles. The monoisotopic (exact) mass is 389 g/mol. The number of amides is 1. The van der Waals surface area contributed by atoms with Gasteiger partial charge in [0.25, 0.3) is 0 Å². The van der Waals surface area contributed by atoms with Crippen molar-refractivity contribution in [3.63, 3.8) is 0 Å². The molecule has 1 saturated heterocycles. The minimum atomic E-state index is -0.454. The molecule has 1 aromatic carbocycles. The molecule has 4 rings (SSSR count). The molecule has 0 N–H and O–H groups in total. The highest BCUT2D eigenvalue weighted by Crippen LogP contribution is 2.28. The summed E-state index contributed by atoms with van der Waals surface area (Å²) >= 11 is 0.